The van der Waals surface area contributed by atoms with Crippen LogP contribution in [-0.4, -0.2) is 29.2 Å². The molecule has 28 heavy (non-hydrogen) atoms. The zero-order valence-electron chi connectivity index (χ0n) is 15.1. The van der Waals surface area contributed by atoms with E-state index >= 15 is 0 Å². The third-order valence-corrected chi connectivity index (χ3v) is 4.51. The predicted molar refractivity (Wildman–Crippen MR) is 110 cm³/mol. The summed E-state index contributed by atoms with van der Waals surface area (Å²) in [6, 6.07) is 18.8. The first-order valence-corrected chi connectivity index (χ1v) is 9.59. The molecular weight excluding hydrogens is 374 g/mol. The lowest BCUT2D eigenvalue weighted by atomic mass is 10.1. The molecule has 3 aromatic rings. The SMILES string of the molecule is C=CCNC(=O)NC(=O)CSc1nc(-c2ccccc2)c(-c2ccccc2)o1. The zero-order chi connectivity index (χ0) is 19.8. The third-order valence-electron chi connectivity index (χ3n) is 3.68. The average molecular weight is 393 g/mol. The Hall–Kier alpha value is -3.32. The minimum absolute atomic E-state index is 0.00445. The van der Waals surface area contributed by atoms with Gasteiger partial charge in [0.1, 0.15) is 5.69 Å². The summed E-state index contributed by atoms with van der Waals surface area (Å²) in [4.78, 5) is 28.0. The van der Waals surface area contributed by atoms with Crippen LogP contribution >= 0.6 is 11.8 Å². The van der Waals surface area contributed by atoms with E-state index in [1.54, 1.807) is 0 Å². The maximum Gasteiger partial charge on any atom is 0.321 e. The van der Waals surface area contributed by atoms with E-state index in [4.69, 9.17) is 4.42 Å². The molecular formula is C21H19N3O3S. The standard InChI is InChI=1S/C21H19N3O3S/c1-2-13-22-20(26)23-17(25)14-28-21-24-18(15-9-5-3-6-10-15)19(27-21)16-11-7-4-8-12-16/h2-12H,1,13-14H2,(H2,22,23,25,26). The monoisotopic (exact) mass is 393 g/mol. The van der Waals surface area contributed by atoms with Gasteiger partial charge in [-0.2, -0.15) is 0 Å². The molecule has 0 spiro atoms. The molecule has 0 fully saturated rings. The summed E-state index contributed by atoms with van der Waals surface area (Å²) in [5.74, 6) is 0.204. The molecule has 7 heteroatoms. The fourth-order valence-electron chi connectivity index (χ4n) is 2.44. The van der Waals surface area contributed by atoms with Gasteiger partial charge in [-0.25, -0.2) is 9.78 Å². The lowest BCUT2D eigenvalue weighted by molar-refractivity contribution is -0.117. The van der Waals surface area contributed by atoms with Crippen molar-refractivity contribution in [1.82, 2.24) is 15.6 Å². The molecule has 2 N–H and O–H groups in total. The number of hydrogen-bond donors (Lipinski definition) is 2. The molecule has 0 aliphatic carbocycles. The Morgan fingerprint density at radius 1 is 1.04 bits per heavy atom. The van der Waals surface area contributed by atoms with Gasteiger partial charge in [0.25, 0.3) is 5.22 Å². The number of carbonyl (C=O) groups excluding carboxylic acids is 2. The molecule has 0 bridgehead atoms. The van der Waals surface area contributed by atoms with Crippen LogP contribution in [0, 0.1) is 0 Å². The van der Waals surface area contributed by atoms with E-state index in [9.17, 15) is 9.59 Å². The highest BCUT2D eigenvalue weighted by atomic mass is 32.2. The smallest absolute Gasteiger partial charge is 0.321 e. The van der Waals surface area contributed by atoms with Crippen LogP contribution in [0.25, 0.3) is 22.6 Å². The van der Waals surface area contributed by atoms with E-state index < -0.39 is 11.9 Å². The number of hydrogen-bond acceptors (Lipinski definition) is 5. The molecule has 0 atom stereocenters. The van der Waals surface area contributed by atoms with Crippen LogP contribution in [0.5, 0.6) is 0 Å². The third kappa shape index (κ3) is 5.11. The van der Waals surface area contributed by atoms with E-state index in [0.717, 1.165) is 22.9 Å². The van der Waals surface area contributed by atoms with Crippen molar-refractivity contribution in [3.8, 4) is 22.6 Å². The first-order chi connectivity index (χ1) is 13.7. The summed E-state index contributed by atoms with van der Waals surface area (Å²) in [5.41, 5.74) is 2.53. The van der Waals surface area contributed by atoms with Crippen LogP contribution < -0.4 is 10.6 Å². The number of rotatable bonds is 7. The summed E-state index contributed by atoms with van der Waals surface area (Å²) in [6.07, 6.45) is 1.53. The largest absolute Gasteiger partial charge is 0.431 e. The zero-order valence-corrected chi connectivity index (χ0v) is 15.9. The molecule has 6 nitrogen and oxygen atoms in total. The molecule has 0 aliphatic heterocycles. The van der Waals surface area contributed by atoms with E-state index in [0.29, 0.717) is 16.7 Å². The van der Waals surface area contributed by atoms with Crippen molar-refractivity contribution in [2.45, 2.75) is 5.22 Å². The van der Waals surface area contributed by atoms with Crippen molar-refractivity contribution in [3.05, 3.63) is 73.3 Å². The molecule has 142 valence electrons. The number of benzene rings is 2. The molecule has 0 saturated carbocycles. The first kappa shape index (κ1) is 19.4. The number of nitrogens with one attached hydrogen (secondary N) is 2. The lowest BCUT2D eigenvalue weighted by Crippen LogP contribution is -2.40. The summed E-state index contributed by atoms with van der Waals surface area (Å²) in [7, 11) is 0. The normalized spacial score (nSPS) is 10.3. The first-order valence-electron chi connectivity index (χ1n) is 8.60. The van der Waals surface area contributed by atoms with Crippen LogP contribution in [0.3, 0.4) is 0 Å². The lowest BCUT2D eigenvalue weighted by Gasteiger charge is -2.03. The van der Waals surface area contributed by atoms with Gasteiger partial charge in [-0.1, -0.05) is 78.5 Å². The second-order valence-electron chi connectivity index (χ2n) is 5.73. The highest BCUT2D eigenvalue weighted by molar-refractivity contribution is 7.99. The van der Waals surface area contributed by atoms with E-state index in [1.807, 2.05) is 60.7 Å². The second kappa shape index (κ2) is 9.57. The number of oxazole rings is 1. The van der Waals surface area contributed by atoms with Gasteiger partial charge in [0.05, 0.1) is 5.75 Å². The summed E-state index contributed by atoms with van der Waals surface area (Å²) in [5, 5.41) is 5.08. The molecule has 0 unspecified atom stereocenters. The predicted octanol–water partition coefficient (Wildman–Crippen LogP) is 4.11. The van der Waals surface area contributed by atoms with Gasteiger partial charge in [-0.15, -0.1) is 6.58 Å². The van der Waals surface area contributed by atoms with Gasteiger partial charge in [-0.3, -0.25) is 10.1 Å². The average Bonchev–Trinajstić information content (AvgIpc) is 3.16. The van der Waals surface area contributed by atoms with Gasteiger partial charge in [0.15, 0.2) is 5.76 Å². The Kier molecular flexibility index (Phi) is 6.64. The highest BCUT2D eigenvalue weighted by Gasteiger charge is 2.18. The molecule has 3 amide bonds. The van der Waals surface area contributed by atoms with Gasteiger partial charge in [-0.05, 0) is 0 Å². The second-order valence-corrected chi connectivity index (χ2v) is 6.65. The van der Waals surface area contributed by atoms with E-state index in [-0.39, 0.29) is 12.3 Å². The van der Waals surface area contributed by atoms with Crippen molar-refractivity contribution < 1.29 is 14.0 Å². The van der Waals surface area contributed by atoms with Crippen molar-refractivity contribution >= 4 is 23.7 Å². The number of aromatic nitrogens is 1. The van der Waals surface area contributed by atoms with Crippen LogP contribution in [0.15, 0.2) is 83.0 Å². The van der Waals surface area contributed by atoms with Gasteiger partial charge < -0.3 is 9.73 Å². The van der Waals surface area contributed by atoms with E-state index in [2.05, 4.69) is 22.2 Å². The highest BCUT2D eigenvalue weighted by Crippen LogP contribution is 2.35. The number of urea groups is 1. The molecule has 0 aliphatic rings. The van der Waals surface area contributed by atoms with Crippen LogP contribution in [0.4, 0.5) is 4.79 Å². The topological polar surface area (TPSA) is 84.2 Å². The maximum absolute atomic E-state index is 11.9. The van der Waals surface area contributed by atoms with E-state index in [1.165, 1.54) is 6.08 Å². The fourth-order valence-corrected chi connectivity index (χ4v) is 3.06. The molecule has 1 aromatic heterocycles. The Labute approximate surface area is 167 Å². The molecule has 0 saturated heterocycles. The quantitative estimate of drug-likeness (QED) is 0.466. The van der Waals surface area contributed by atoms with Crippen LogP contribution in [0.1, 0.15) is 0 Å². The Balaban J connectivity index is 1.76. The Morgan fingerprint density at radius 2 is 1.68 bits per heavy atom. The molecule has 2 aromatic carbocycles. The van der Waals surface area contributed by atoms with Crippen molar-refractivity contribution in [1.29, 1.82) is 0 Å². The van der Waals surface area contributed by atoms with Crippen LogP contribution in [-0.2, 0) is 4.79 Å². The van der Waals surface area contributed by atoms with Crippen LogP contribution in [0.2, 0.25) is 0 Å². The summed E-state index contributed by atoms with van der Waals surface area (Å²) < 4.78 is 5.93. The molecule has 1 heterocycles. The van der Waals surface area contributed by atoms with Crippen molar-refractivity contribution in [2.24, 2.45) is 0 Å². The number of amides is 3. The number of imide groups is 1. The maximum atomic E-state index is 11.9. The van der Waals surface area contributed by atoms with Crippen molar-refractivity contribution in [2.75, 3.05) is 12.3 Å². The summed E-state index contributed by atoms with van der Waals surface area (Å²) >= 11 is 1.13. The molecule has 0 radical (unpaired) electrons. The Bertz CT molecular complexity index is 899. The van der Waals surface area contributed by atoms with Crippen molar-refractivity contribution in [3.63, 3.8) is 0 Å². The van der Waals surface area contributed by atoms with Gasteiger partial charge >= 0.3 is 6.03 Å². The minimum Gasteiger partial charge on any atom is -0.431 e. The Morgan fingerprint density at radius 3 is 2.32 bits per heavy atom. The van der Waals surface area contributed by atoms with Gasteiger partial charge in [0, 0.05) is 17.7 Å². The van der Waals surface area contributed by atoms with Gasteiger partial charge in [0.2, 0.25) is 5.91 Å². The fraction of sp³-hybridized carbons (Fsp3) is 0.0952. The summed E-state index contributed by atoms with van der Waals surface area (Å²) in [6.45, 7) is 3.78. The number of thioether (sulfide) groups is 1. The number of carbonyl (C=O) groups is 2. The number of nitrogens with zero attached hydrogens (tertiary/aromatic N) is 1. The molecule has 3 rings (SSSR count). The minimum atomic E-state index is -0.562.